The van der Waals surface area contributed by atoms with Crippen LogP contribution in [-0.2, 0) is 4.79 Å². The van der Waals surface area contributed by atoms with Crippen molar-refractivity contribution in [1.29, 1.82) is 0 Å². The lowest BCUT2D eigenvalue weighted by Crippen LogP contribution is -2.41. The van der Waals surface area contributed by atoms with Crippen LogP contribution in [0, 0.1) is 23.0 Å². The van der Waals surface area contributed by atoms with Crippen molar-refractivity contribution in [3.05, 3.63) is 51.2 Å². The number of nitro groups is 1. The van der Waals surface area contributed by atoms with Gasteiger partial charge in [0.15, 0.2) is 5.82 Å². The molecule has 2 aromatic rings. The highest BCUT2D eigenvalue weighted by Crippen LogP contribution is 2.28. The highest BCUT2D eigenvalue weighted by atomic mass is 35.5. The van der Waals surface area contributed by atoms with Gasteiger partial charge in [-0.25, -0.2) is 0 Å². The van der Waals surface area contributed by atoms with E-state index in [1.807, 2.05) is 24.0 Å². The highest BCUT2D eigenvalue weighted by molar-refractivity contribution is 6.32. The van der Waals surface area contributed by atoms with Crippen molar-refractivity contribution >= 4 is 34.7 Å². The van der Waals surface area contributed by atoms with E-state index in [-0.39, 0.29) is 22.5 Å². The summed E-state index contributed by atoms with van der Waals surface area (Å²) in [7, 11) is 0. The van der Waals surface area contributed by atoms with Crippen LogP contribution in [0.4, 0.5) is 17.2 Å². The molecule has 1 unspecified atom stereocenters. The van der Waals surface area contributed by atoms with Gasteiger partial charge in [-0.05, 0) is 44.0 Å². The van der Waals surface area contributed by atoms with Crippen LogP contribution in [0.3, 0.4) is 0 Å². The third kappa shape index (κ3) is 4.08. The van der Waals surface area contributed by atoms with E-state index in [0.29, 0.717) is 12.2 Å². The van der Waals surface area contributed by atoms with E-state index in [4.69, 9.17) is 11.6 Å². The molecule has 1 fully saturated rings. The quantitative estimate of drug-likeness (QED) is 0.650. The van der Waals surface area contributed by atoms with Crippen LogP contribution >= 0.6 is 11.6 Å². The van der Waals surface area contributed by atoms with Gasteiger partial charge >= 0.3 is 0 Å². The van der Waals surface area contributed by atoms with Gasteiger partial charge in [-0.3, -0.25) is 14.9 Å². The number of aromatic nitrogens is 2. The topological polar surface area (TPSA) is 101 Å². The summed E-state index contributed by atoms with van der Waals surface area (Å²) in [6, 6.07) is 8.01. The molecule has 1 amide bonds. The number of amides is 1. The van der Waals surface area contributed by atoms with Gasteiger partial charge in [0.1, 0.15) is 5.02 Å². The Balaban J connectivity index is 1.69. The van der Waals surface area contributed by atoms with Gasteiger partial charge in [-0.1, -0.05) is 11.6 Å². The predicted octanol–water partition coefficient (Wildman–Crippen LogP) is 3.20. The maximum Gasteiger partial charge on any atom is 0.289 e. The number of aryl methyl sites for hydroxylation is 1. The number of carbonyl (C=O) groups is 1. The van der Waals surface area contributed by atoms with Crippen molar-refractivity contribution in [2.24, 2.45) is 5.92 Å². The van der Waals surface area contributed by atoms with Crippen LogP contribution < -0.4 is 10.2 Å². The molecule has 1 atom stereocenters. The first-order valence-corrected chi connectivity index (χ1v) is 8.62. The zero-order valence-corrected chi connectivity index (χ0v) is 14.9. The molecule has 0 aliphatic carbocycles. The first-order chi connectivity index (χ1) is 12.4. The molecular weight excluding hydrogens is 358 g/mol. The molecule has 26 heavy (non-hydrogen) atoms. The molecule has 8 nitrogen and oxygen atoms in total. The lowest BCUT2D eigenvalue weighted by atomic mass is 9.97. The molecule has 0 saturated carbocycles. The molecule has 0 radical (unpaired) electrons. The summed E-state index contributed by atoms with van der Waals surface area (Å²) in [4.78, 5) is 25.0. The summed E-state index contributed by atoms with van der Waals surface area (Å²) in [5, 5.41) is 22.0. The van der Waals surface area contributed by atoms with Gasteiger partial charge in [0.05, 0.1) is 16.5 Å². The molecule has 1 aromatic carbocycles. The van der Waals surface area contributed by atoms with E-state index >= 15 is 0 Å². The number of carbonyl (C=O) groups excluding carboxylic acids is 1. The van der Waals surface area contributed by atoms with Crippen molar-refractivity contribution in [2.45, 2.75) is 19.8 Å². The number of nitro benzene ring substituents is 1. The Bertz CT molecular complexity index is 828. The fourth-order valence-electron chi connectivity index (χ4n) is 2.93. The van der Waals surface area contributed by atoms with E-state index in [9.17, 15) is 14.9 Å². The van der Waals surface area contributed by atoms with Crippen LogP contribution in [-0.4, -0.2) is 34.1 Å². The molecule has 2 heterocycles. The van der Waals surface area contributed by atoms with Crippen molar-refractivity contribution in [1.82, 2.24) is 10.2 Å². The number of piperidine rings is 1. The van der Waals surface area contributed by atoms with Gasteiger partial charge in [0, 0.05) is 24.8 Å². The minimum Gasteiger partial charge on any atom is -0.354 e. The molecule has 9 heteroatoms. The van der Waals surface area contributed by atoms with E-state index in [1.165, 1.54) is 12.1 Å². The minimum absolute atomic E-state index is 0.0368. The Morgan fingerprint density at radius 3 is 2.85 bits per heavy atom. The zero-order valence-electron chi connectivity index (χ0n) is 14.2. The SMILES string of the molecule is Cc1ccc(N2CCCC(C(=O)Nc3ccc(Cl)c([N+](=O)[O-])c3)C2)nn1. The monoisotopic (exact) mass is 375 g/mol. The van der Waals surface area contributed by atoms with E-state index < -0.39 is 4.92 Å². The van der Waals surface area contributed by atoms with Crippen molar-refractivity contribution in [2.75, 3.05) is 23.3 Å². The highest BCUT2D eigenvalue weighted by Gasteiger charge is 2.27. The van der Waals surface area contributed by atoms with Crippen LogP contribution in [0.2, 0.25) is 5.02 Å². The smallest absolute Gasteiger partial charge is 0.289 e. The van der Waals surface area contributed by atoms with Gasteiger partial charge < -0.3 is 10.2 Å². The lowest BCUT2D eigenvalue weighted by molar-refractivity contribution is -0.384. The average molecular weight is 376 g/mol. The fourth-order valence-corrected chi connectivity index (χ4v) is 3.12. The number of benzene rings is 1. The summed E-state index contributed by atoms with van der Waals surface area (Å²) in [6.07, 6.45) is 1.60. The molecule has 0 bridgehead atoms. The molecular formula is C17H18ClN5O3. The number of hydrogen-bond donors (Lipinski definition) is 1. The van der Waals surface area contributed by atoms with Crippen LogP contribution in [0.25, 0.3) is 0 Å². The summed E-state index contributed by atoms with van der Waals surface area (Å²) in [5.41, 5.74) is 0.965. The largest absolute Gasteiger partial charge is 0.354 e. The third-order valence-corrected chi connectivity index (χ3v) is 4.63. The van der Waals surface area contributed by atoms with E-state index in [2.05, 4.69) is 15.5 Å². The van der Waals surface area contributed by atoms with Gasteiger partial charge in [-0.2, -0.15) is 5.10 Å². The Hall–Kier alpha value is -2.74. The number of nitrogens with one attached hydrogen (secondary N) is 1. The molecule has 1 saturated heterocycles. The summed E-state index contributed by atoms with van der Waals surface area (Å²) in [5.74, 6) is 0.336. The second kappa shape index (κ2) is 7.65. The summed E-state index contributed by atoms with van der Waals surface area (Å²) in [6.45, 7) is 3.21. The molecule has 3 rings (SSSR count). The average Bonchev–Trinajstić information content (AvgIpc) is 2.64. The molecule has 1 aromatic heterocycles. The lowest BCUT2D eigenvalue weighted by Gasteiger charge is -2.32. The second-order valence-electron chi connectivity index (χ2n) is 6.23. The third-order valence-electron chi connectivity index (χ3n) is 4.31. The molecule has 1 N–H and O–H groups in total. The number of anilines is 2. The standard InChI is InChI=1S/C17H18ClN5O3/c1-11-4-7-16(21-20-11)22-8-2-3-12(10-22)17(24)19-13-5-6-14(18)15(9-13)23(25)26/h4-7,9,12H,2-3,8,10H2,1H3,(H,19,24). The molecule has 1 aliphatic rings. The summed E-state index contributed by atoms with van der Waals surface area (Å²) >= 11 is 5.80. The molecule has 1 aliphatic heterocycles. The van der Waals surface area contributed by atoms with Crippen molar-refractivity contribution in [3.63, 3.8) is 0 Å². The van der Waals surface area contributed by atoms with Gasteiger partial charge in [0.2, 0.25) is 5.91 Å². The van der Waals surface area contributed by atoms with Crippen molar-refractivity contribution < 1.29 is 9.72 Å². The first kappa shape index (κ1) is 18.1. The van der Waals surface area contributed by atoms with Crippen LogP contribution in [0.1, 0.15) is 18.5 Å². The van der Waals surface area contributed by atoms with Gasteiger partial charge in [0.25, 0.3) is 5.69 Å². The molecule has 0 spiro atoms. The van der Waals surface area contributed by atoms with Crippen LogP contribution in [0.5, 0.6) is 0 Å². The van der Waals surface area contributed by atoms with Crippen LogP contribution in [0.15, 0.2) is 30.3 Å². The van der Waals surface area contributed by atoms with E-state index in [0.717, 1.165) is 30.9 Å². The second-order valence-corrected chi connectivity index (χ2v) is 6.64. The predicted molar refractivity (Wildman–Crippen MR) is 98.4 cm³/mol. The Labute approximate surface area is 155 Å². The van der Waals surface area contributed by atoms with Gasteiger partial charge in [-0.15, -0.1) is 5.10 Å². The van der Waals surface area contributed by atoms with Crippen molar-refractivity contribution in [3.8, 4) is 0 Å². The maximum absolute atomic E-state index is 12.6. The number of rotatable bonds is 4. The maximum atomic E-state index is 12.6. The molecule has 136 valence electrons. The number of halogens is 1. The zero-order chi connectivity index (χ0) is 18.7. The Morgan fingerprint density at radius 2 is 2.15 bits per heavy atom. The van der Waals surface area contributed by atoms with E-state index in [1.54, 1.807) is 6.07 Å². The Kier molecular flexibility index (Phi) is 5.32. The minimum atomic E-state index is -0.573. The Morgan fingerprint density at radius 1 is 1.35 bits per heavy atom. The fraction of sp³-hybridized carbons (Fsp3) is 0.353. The summed E-state index contributed by atoms with van der Waals surface area (Å²) < 4.78 is 0. The number of nitrogens with zero attached hydrogens (tertiary/aromatic N) is 4. The number of hydrogen-bond acceptors (Lipinski definition) is 6. The normalized spacial score (nSPS) is 17.0. The first-order valence-electron chi connectivity index (χ1n) is 8.24.